The lowest BCUT2D eigenvalue weighted by Gasteiger charge is -2.39. The van der Waals surface area contributed by atoms with Crippen LogP contribution in [0.1, 0.15) is 71.6 Å². The van der Waals surface area contributed by atoms with Gasteiger partial charge in [0.15, 0.2) is 0 Å². The Labute approximate surface area is 278 Å². The molecule has 0 fully saturated rings. The van der Waals surface area contributed by atoms with Crippen LogP contribution >= 0.6 is 0 Å². The lowest BCUT2D eigenvalue weighted by molar-refractivity contribution is -0.143. The molecule has 248 valence electrons. The number of carbonyl (C=O) groups excluding carboxylic acids is 3. The van der Waals surface area contributed by atoms with Gasteiger partial charge < -0.3 is 25.4 Å². The molecule has 0 aliphatic heterocycles. The minimum absolute atomic E-state index is 0.111. The predicted octanol–water partition coefficient (Wildman–Crippen LogP) is 8.01. The number of rotatable bonds is 12. The van der Waals surface area contributed by atoms with Crippen molar-refractivity contribution in [3.05, 3.63) is 108 Å². The van der Waals surface area contributed by atoms with Gasteiger partial charge in [0.25, 0.3) is 5.91 Å². The molecule has 0 bridgehead atoms. The van der Waals surface area contributed by atoms with E-state index in [1.165, 1.54) is 11.0 Å². The van der Waals surface area contributed by atoms with E-state index in [0.717, 1.165) is 22.8 Å². The summed E-state index contributed by atoms with van der Waals surface area (Å²) in [4.78, 5) is 44.0. The third-order valence-corrected chi connectivity index (χ3v) is 7.94. The summed E-state index contributed by atoms with van der Waals surface area (Å²) in [5, 5.41) is 18.9. The fourth-order valence-corrected chi connectivity index (χ4v) is 5.61. The van der Waals surface area contributed by atoms with Crippen LogP contribution in [0.15, 0.2) is 97.1 Å². The van der Waals surface area contributed by atoms with Crippen molar-refractivity contribution < 1.29 is 24.2 Å². The van der Waals surface area contributed by atoms with Gasteiger partial charge in [-0.2, -0.15) is 0 Å². The number of alkyl carbamates (subject to hydrolysis) is 1. The number of amides is 3. The average Bonchev–Trinajstić information content (AvgIpc) is 3.02. The van der Waals surface area contributed by atoms with Crippen molar-refractivity contribution in [3.63, 3.8) is 0 Å². The number of nitrogens with one attached hydrogen (secondary N) is 2. The number of anilines is 1. The van der Waals surface area contributed by atoms with Gasteiger partial charge in [-0.1, -0.05) is 92.7 Å². The van der Waals surface area contributed by atoms with Crippen LogP contribution in [0, 0.1) is 5.92 Å². The number of phenolic OH excluding ortho intramolecular Hbond substituents is 1. The summed E-state index contributed by atoms with van der Waals surface area (Å²) in [6, 6.07) is 26.7. The first-order valence-corrected chi connectivity index (χ1v) is 16.3. The summed E-state index contributed by atoms with van der Waals surface area (Å²) in [6.45, 7) is 11.4. The van der Waals surface area contributed by atoms with Crippen LogP contribution < -0.4 is 10.6 Å². The monoisotopic (exact) mass is 637 g/mol. The molecule has 3 atom stereocenters. The molecule has 8 heteroatoms. The number of ether oxygens (including phenoxy) is 1. The van der Waals surface area contributed by atoms with Crippen LogP contribution in [0.2, 0.25) is 0 Å². The zero-order valence-corrected chi connectivity index (χ0v) is 28.2. The maximum Gasteiger partial charge on any atom is 0.408 e. The second kappa shape index (κ2) is 15.6. The average molecular weight is 638 g/mol. The first-order valence-electron chi connectivity index (χ1n) is 16.3. The topological polar surface area (TPSA) is 108 Å². The zero-order chi connectivity index (χ0) is 34.1. The van der Waals surface area contributed by atoms with Crippen LogP contribution in [0.3, 0.4) is 0 Å². The number of hydrogen-bond donors (Lipinski definition) is 3. The van der Waals surface area contributed by atoms with Gasteiger partial charge in [-0.05, 0) is 81.0 Å². The Morgan fingerprint density at radius 1 is 0.809 bits per heavy atom. The van der Waals surface area contributed by atoms with E-state index < -0.39 is 41.6 Å². The molecule has 0 saturated heterocycles. The Bertz CT molecular complexity index is 1660. The molecular formula is C39H47N3O5. The van der Waals surface area contributed by atoms with Crippen LogP contribution in [0.5, 0.6) is 5.75 Å². The van der Waals surface area contributed by atoms with Crippen LogP contribution in [-0.2, 0) is 20.7 Å². The standard InChI is InChI=1S/C39H47N3O5/c1-26(2)20-21-27(3)42(37(45)33(24-28-14-8-7-9-15-28)41-38(46)47-39(4,5)6)35(32-18-12-13-19-34(32)43)36(44)40-31-23-22-29-16-10-11-17-30(29)25-31/h7-19,22-23,25-27,33,35,43H,20-21,24H2,1-6H3,(H,40,44)(H,41,46). The van der Waals surface area contributed by atoms with E-state index in [-0.39, 0.29) is 17.7 Å². The minimum atomic E-state index is -1.21. The summed E-state index contributed by atoms with van der Waals surface area (Å²) >= 11 is 0. The summed E-state index contributed by atoms with van der Waals surface area (Å²) < 4.78 is 5.56. The summed E-state index contributed by atoms with van der Waals surface area (Å²) in [5.74, 6) is -0.704. The Hall–Kier alpha value is -4.85. The number of phenols is 1. The van der Waals surface area contributed by atoms with Crippen molar-refractivity contribution in [1.82, 2.24) is 10.2 Å². The Morgan fingerprint density at radius 2 is 1.45 bits per heavy atom. The first-order chi connectivity index (χ1) is 22.3. The minimum Gasteiger partial charge on any atom is -0.508 e. The van der Waals surface area contributed by atoms with Gasteiger partial charge in [0.1, 0.15) is 23.4 Å². The maximum absolute atomic E-state index is 14.9. The lowest BCUT2D eigenvalue weighted by atomic mass is 9.95. The van der Waals surface area contributed by atoms with Gasteiger partial charge in [0, 0.05) is 23.7 Å². The highest BCUT2D eigenvalue weighted by molar-refractivity contribution is 6.01. The Morgan fingerprint density at radius 3 is 2.11 bits per heavy atom. The molecule has 0 spiro atoms. The van der Waals surface area contributed by atoms with Gasteiger partial charge >= 0.3 is 6.09 Å². The SMILES string of the molecule is CC(C)CCC(C)N(C(=O)C(Cc1ccccc1)NC(=O)OC(C)(C)C)C(C(=O)Nc1ccc2ccccc2c1)c1ccccc1O. The van der Waals surface area contributed by atoms with E-state index in [9.17, 15) is 19.5 Å². The van der Waals surface area contributed by atoms with Gasteiger partial charge in [0.05, 0.1) is 0 Å². The second-order valence-corrected chi connectivity index (χ2v) is 13.5. The van der Waals surface area contributed by atoms with E-state index in [2.05, 4.69) is 24.5 Å². The van der Waals surface area contributed by atoms with Crippen molar-refractivity contribution >= 4 is 34.4 Å². The number of nitrogens with zero attached hydrogens (tertiary/aromatic N) is 1. The van der Waals surface area contributed by atoms with E-state index >= 15 is 0 Å². The third-order valence-electron chi connectivity index (χ3n) is 7.94. The molecule has 0 aliphatic carbocycles. The molecule has 3 amide bonds. The molecule has 0 heterocycles. The van der Waals surface area contributed by atoms with Gasteiger partial charge in [-0.15, -0.1) is 0 Å². The highest BCUT2D eigenvalue weighted by Gasteiger charge is 2.40. The quantitative estimate of drug-likeness (QED) is 0.146. The van der Waals surface area contributed by atoms with Crippen molar-refractivity contribution in [2.45, 2.75) is 84.5 Å². The summed E-state index contributed by atoms with van der Waals surface area (Å²) in [5.41, 5.74) is 0.888. The van der Waals surface area contributed by atoms with Crippen LogP contribution in [0.4, 0.5) is 10.5 Å². The van der Waals surface area contributed by atoms with Crippen molar-refractivity contribution in [1.29, 1.82) is 0 Å². The molecule has 0 saturated carbocycles. The lowest BCUT2D eigenvalue weighted by Crippen LogP contribution is -2.55. The highest BCUT2D eigenvalue weighted by Crippen LogP contribution is 2.34. The number of aromatic hydroxyl groups is 1. The molecule has 0 aromatic heterocycles. The fourth-order valence-electron chi connectivity index (χ4n) is 5.61. The molecule has 4 rings (SSSR count). The summed E-state index contributed by atoms with van der Waals surface area (Å²) in [7, 11) is 0. The highest BCUT2D eigenvalue weighted by atomic mass is 16.6. The summed E-state index contributed by atoms with van der Waals surface area (Å²) in [6.07, 6.45) is 0.835. The van der Waals surface area contributed by atoms with Gasteiger partial charge in [0.2, 0.25) is 5.91 Å². The van der Waals surface area contributed by atoms with Crippen molar-refractivity contribution in [2.24, 2.45) is 5.92 Å². The largest absolute Gasteiger partial charge is 0.508 e. The number of para-hydroxylation sites is 1. The fraction of sp³-hybridized carbons (Fsp3) is 0.359. The van der Waals surface area contributed by atoms with Crippen LogP contribution in [-0.4, -0.2) is 45.6 Å². The first kappa shape index (κ1) is 35.0. The van der Waals surface area contributed by atoms with Crippen LogP contribution in [0.25, 0.3) is 10.8 Å². The normalized spacial score (nSPS) is 13.4. The number of carbonyl (C=O) groups is 3. The zero-order valence-electron chi connectivity index (χ0n) is 28.2. The van der Waals surface area contributed by atoms with E-state index in [4.69, 9.17) is 4.74 Å². The number of benzene rings is 4. The molecule has 4 aromatic carbocycles. The molecule has 47 heavy (non-hydrogen) atoms. The third kappa shape index (κ3) is 9.82. The Kier molecular flexibility index (Phi) is 11.6. The second-order valence-electron chi connectivity index (χ2n) is 13.5. The molecule has 8 nitrogen and oxygen atoms in total. The smallest absolute Gasteiger partial charge is 0.408 e. The van der Waals surface area contributed by atoms with Crippen molar-refractivity contribution in [3.8, 4) is 5.75 Å². The number of hydrogen-bond acceptors (Lipinski definition) is 5. The van der Waals surface area contributed by atoms with E-state index in [1.54, 1.807) is 39.0 Å². The van der Waals surface area contributed by atoms with Gasteiger partial charge in [-0.25, -0.2) is 4.79 Å². The van der Waals surface area contributed by atoms with Gasteiger partial charge in [-0.3, -0.25) is 9.59 Å². The molecule has 0 aliphatic rings. The predicted molar refractivity (Wildman–Crippen MR) is 187 cm³/mol. The molecule has 3 unspecified atom stereocenters. The molecule has 4 aromatic rings. The number of fused-ring (bicyclic) bond motifs is 1. The molecular weight excluding hydrogens is 590 g/mol. The Balaban J connectivity index is 1.80. The maximum atomic E-state index is 14.9. The van der Waals surface area contributed by atoms with E-state index in [0.29, 0.717) is 18.0 Å². The van der Waals surface area contributed by atoms with E-state index in [1.807, 2.05) is 79.7 Å². The molecule has 0 radical (unpaired) electrons. The molecule has 3 N–H and O–H groups in total. The van der Waals surface area contributed by atoms with Crippen molar-refractivity contribution in [2.75, 3.05) is 5.32 Å².